The largest absolute Gasteiger partial charge is 0.481 e. The van der Waals surface area contributed by atoms with Crippen LogP contribution in [0.1, 0.15) is 50.2 Å². The topological polar surface area (TPSA) is 95.9 Å². The molecule has 2 aromatic carbocycles. The van der Waals surface area contributed by atoms with Gasteiger partial charge in [-0.1, -0.05) is 75.2 Å². The Bertz CT molecular complexity index is 960. The first-order chi connectivity index (χ1) is 15.8. The highest BCUT2D eigenvalue weighted by Crippen LogP contribution is 2.44. The average molecular weight is 453 g/mol. The summed E-state index contributed by atoms with van der Waals surface area (Å²) in [5.41, 5.74) is 4.53. The van der Waals surface area contributed by atoms with E-state index in [-0.39, 0.29) is 25.0 Å². The van der Waals surface area contributed by atoms with Gasteiger partial charge in [-0.05, 0) is 28.7 Å². The zero-order valence-corrected chi connectivity index (χ0v) is 19.4. The number of alkyl carbamates (subject to hydrolysis) is 1. The average Bonchev–Trinajstić information content (AvgIpc) is 3.13. The number of benzene rings is 2. The Morgan fingerprint density at radius 2 is 1.64 bits per heavy atom. The normalized spacial score (nSPS) is 14.0. The summed E-state index contributed by atoms with van der Waals surface area (Å²) in [5, 5.41) is 11.8. The van der Waals surface area contributed by atoms with Crippen molar-refractivity contribution in [2.45, 2.75) is 45.1 Å². The molecule has 0 heterocycles. The van der Waals surface area contributed by atoms with E-state index in [0.29, 0.717) is 6.42 Å². The van der Waals surface area contributed by atoms with Crippen molar-refractivity contribution in [3.8, 4) is 11.1 Å². The molecular formula is C26H32N2O5. The molecule has 2 atom stereocenters. The van der Waals surface area contributed by atoms with Gasteiger partial charge in [0.1, 0.15) is 12.6 Å². The lowest BCUT2D eigenvalue weighted by atomic mass is 9.98. The SMILES string of the molecule is CCCC[C@H](NC(=O)OCC1c2ccccc2-c2ccccc21)C(=O)N(C)CC(C)C(=O)O. The fourth-order valence-corrected chi connectivity index (χ4v) is 4.29. The highest BCUT2D eigenvalue weighted by molar-refractivity contribution is 5.86. The van der Waals surface area contributed by atoms with Crippen molar-refractivity contribution < 1.29 is 24.2 Å². The van der Waals surface area contributed by atoms with Gasteiger partial charge in [-0.2, -0.15) is 0 Å². The number of carboxylic acid groups (broad SMARTS) is 1. The fraction of sp³-hybridized carbons (Fsp3) is 0.423. The molecule has 7 nitrogen and oxygen atoms in total. The minimum Gasteiger partial charge on any atom is -0.481 e. The number of hydrogen-bond acceptors (Lipinski definition) is 4. The predicted octanol–water partition coefficient (Wildman–Crippen LogP) is 4.26. The third kappa shape index (κ3) is 5.72. The van der Waals surface area contributed by atoms with Crippen LogP contribution >= 0.6 is 0 Å². The van der Waals surface area contributed by atoms with Gasteiger partial charge in [0.2, 0.25) is 5.91 Å². The number of carboxylic acids is 1. The number of rotatable bonds is 10. The van der Waals surface area contributed by atoms with Crippen molar-refractivity contribution in [3.05, 3.63) is 59.7 Å². The van der Waals surface area contributed by atoms with Gasteiger partial charge in [0, 0.05) is 19.5 Å². The van der Waals surface area contributed by atoms with Crippen LogP contribution in [0.5, 0.6) is 0 Å². The van der Waals surface area contributed by atoms with Crippen LogP contribution in [0.25, 0.3) is 11.1 Å². The zero-order chi connectivity index (χ0) is 24.0. The molecule has 3 rings (SSSR count). The van der Waals surface area contributed by atoms with Crippen LogP contribution in [-0.2, 0) is 14.3 Å². The summed E-state index contributed by atoms with van der Waals surface area (Å²) in [5.74, 6) is -2.04. The predicted molar refractivity (Wildman–Crippen MR) is 126 cm³/mol. The van der Waals surface area contributed by atoms with E-state index in [1.165, 1.54) is 4.90 Å². The number of fused-ring (bicyclic) bond motifs is 3. The second-order valence-electron chi connectivity index (χ2n) is 8.62. The molecule has 0 bridgehead atoms. The second-order valence-corrected chi connectivity index (χ2v) is 8.62. The summed E-state index contributed by atoms with van der Waals surface area (Å²) in [4.78, 5) is 38.0. The first-order valence-corrected chi connectivity index (χ1v) is 11.4. The quantitative estimate of drug-likeness (QED) is 0.561. The van der Waals surface area contributed by atoms with Crippen LogP contribution < -0.4 is 5.32 Å². The van der Waals surface area contributed by atoms with Crippen molar-refractivity contribution in [1.82, 2.24) is 10.2 Å². The summed E-state index contributed by atoms with van der Waals surface area (Å²) in [7, 11) is 1.56. The summed E-state index contributed by atoms with van der Waals surface area (Å²) in [6, 6.07) is 15.4. The van der Waals surface area contributed by atoms with E-state index in [9.17, 15) is 14.4 Å². The number of hydrogen-bond donors (Lipinski definition) is 2. The number of nitrogens with zero attached hydrogens (tertiary/aromatic N) is 1. The molecule has 0 aromatic heterocycles. The maximum atomic E-state index is 12.9. The lowest BCUT2D eigenvalue weighted by molar-refractivity contribution is -0.143. The molecule has 33 heavy (non-hydrogen) atoms. The van der Waals surface area contributed by atoms with Gasteiger partial charge in [0.25, 0.3) is 0 Å². The molecule has 0 aliphatic heterocycles. The molecule has 2 amide bonds. The van der Waals surface area contributed by atoms with Crippen molar-refractivity contribution in [2.24, 2.45) is 5.92 Å². The zero-order valence-electron chi connectivity index (χ0n) is 19.4. The van der Waals surface area contributed by atoms with Gasteiger partial charge < -0.3 is 20.1 Å². The highest BCUT2D eigenvalue weighted by atomic mass is 16.5. The molecule has 0 radical (unpaired) electrons. The maximum Gasteiger partial charge on any atom is 0.407 e. The molecule has 0 fully saturated rings. The van der Waals surface area contributed by atoms with Crippen LogP contribution in [-0.4, -0.2) is 54.2 Å². The van der Waals surface area contributed by atoms with Gasteiger partial charge in [-0.25, -0.2) is 4.79 Å². The molecule has 0 saturated carbocycles. The minimum absolute atomic E-state index is 0.0629. The monoisotopic (exact) mass is 452 g/mol. The van der Waals surface area contributed by atoms with Crippen molar-refractivity contribution in [3.63, 3.8) is 0 Å². The van der Waals surface area contributed by atoms with Crippen LogP contribution in [0.4, 0.5) is 4.79 Å². The summed E-state index contributed by atoms with van der Waals surface area (Å²) in [6.45, 7) is 3.79. The summed E-state index contributed by atoms with van der Waals surface area (Å²) >= 11 is 0. The third-order valence-electron chi connectivity index (χ3n) is 6.13. The second kappa shape index (κ2) is 11.0. The van der Waals surface area contributed by atoms with Crippen molar-refractivity contribution in [2.75, 3.05) is 20.2 Å². The van der Waals surface area contributed by atoms with Crippen LogP contribution in [0.2, 0.25) is 0 Å². The molecule has 176 valence electrons. The Morgan fingerprint density at radius 3 is 2.18 bits per heavy atom. The number of nitrogens with one attached hydrogen (secondary N) is 1. The molecule has 1 aliphatic carbocycles. The number of carbonyl (C=O) groups excluding carboxylic acids is 2. The molecule has 2 aromatic rings. The van der Waals surface area contributed by atoms with E-state index in [1.54, 1.807) is 14.0 Å². The maximum absolute atomic E-state index is 12.9. The number of likely N-dealkylation sites (N-methyl/N-ethyl adjacent to an activating group) is 1. The van der Waals surface area contributed by atoms with E-state index in [4.69, 9.17) is 9.84 Å². The summed E-state index contributed by atoms with van der Waals surface area (Å²) < 4.78 is 5.58. The van der Waals surface area contributed by atoms with Gasteiger partial charge in [0.05, 0.1) is 5.92 Å². The number of aliphatic carboxylic acids is 1. The standard InChI is InChI=1S/C26H32N2O5/c1-4-5-14-23(24(29)28(3)15-17(2)25(30)31)27-26(32)33-16-22-20-12-8-6-10-18(20)19-11-7-9-13-21(19)22/h6-13,17,22-23H,4-5,14-16H2,1-3H3,(H,27,32)(H,30,31)/t17?,23-/m0/s1. The fourth-order valence-electron chi connectivity index (χ4n) is 4.29. The Balaban J connectivity index is 1.65. The van der Waals surface area contributed by atoms with Crippen molar-refractivity contribution >= 4 is 18.0 Å². The van der Waals surface area contributed by atoms with Crippen LogP contribution in [0.15, 0.2) is 48.5 Å². The molecule has 0 saturated heterocycles. The van der Waals surface area contributed by atoms with Crippen molar-refractivity contribution in [1.29, 1.82) is 0 Å². The number of carbonyl (C=O) groups is 3. The molecule has 0 spiro atoms. The third-order valence-corrected chi connectivity index (χ3v) is 6.13. The minimum atomic E-state index is -0.968. The lowest BCUT2D eigenvalue weighted by Crippen LogP contribution is -2.49. The Labute approximate surface area is 194 Å². The van der Waals surface area contributed by atoms with Gasteiger partial charge in [0.15, 0.2) is 0 Å². The van der Waals surface area contributed by atoms with E-state index >= 15 is 0 Å². The van der Waals surface area contributed by atoms with Crippen LogP contribution in [0.3, 0.4) is 0 Å². The van der Waals surface area contributed by atoms with Crippen LogP contribution in [0, 0.1) is 5.92 Å². The first kappa shape index (κ1) is 24.3. The molecule has 1 unspecified atom stereocenters. The molecular weight excluding hydrogens is 420 g/mol. The lowest BCUT2D eigenvalue weighted by Gasteiger charge is -2.26. The number of unbranched alkanes of at least 4 members (excludes halogenated alkanes) is 1. The van der Waals surface area contributed by atoms with E-state index < -0.39 is 24.0 Å². The Morgan fingerprint density at radius 1 is 1.06 bits per heavy atom. The first-order valence-electron chi connectivity index (χ1n) is 11.4. The molecule has 7 heteroatoms. The van der Waals surface area contributed by atoms with E-state index in [2.05, 4.69) is 17.4 Å². The highest BCUT2D eigenvalue weighted by Gasteiger charge is 2.30. The Hall–Kier alpha value is -3.35. The molecule has 2 N–H and O–H groups in total. The Kier molecular flexibility index (Phi) is 8.09. The van der Waals surface area contributed by atoms with E-state index in [1.807, 2.05) is 43.3 Å². The number of ether oxygens (including phenoxy) is 1. The molecule has 1 aliphatic rings. The van der Waals surface area contributed by atoms with E-state index in [0.717, 1.165) is 35.1 Å². The number of amides is 2. The van der Waals surface area contributed by atoms with Gasteiger partial charge in [-0.15, -0.1) is 0 Å². The van der Waals surface area contributed by atoms with Gasteiger partial charge >= 0.3 is 12.1 Å². The van der Waals surface area contributed by atoms with Gasteiger partial charge in [-0.3, -0.25) is 9.59 Å². The smallest absolute Gasteiger partial charge is 0.407 e. The summed E-state index contributed by atoms with van der Waals surface area (Å²) in [6.07, 6.45) is 1.44.